The summed E-state index contributed by atoms with van der Waals surface area (Å²) in [5, 5.41) is 2.72. The van der Waals surface area contributed by atoms with E-state index >= 15 is 0 Å². The number of aromatic nitrogens is 1. The normalized spacial score (nSPS) is 12.8. The fraction of sp³-hybridized carbons (Fsp3) is 0.200. The Labute approximate surface area is 133 Å². The van der Waals surface area contributed by atoms with Gasteiger partial charge in [-0.1, -0.05) is 12.1 Å². The molecule has 1 aromatic carbocycles. The van der Waals surface area contributed by atoms with Gasteiger partial charge in [0.2, 0.25) is 0 Å². The molecule has 0 aliphatic heterocycles. The van der Waals surface area contributed by atoms with Crippen molar-refractivity contribution in [3.63, 3.8) is 0 Å². The summed E-state index contributed by atoms with van der Waals surface area (Å²) in [5.41, 5.74) is 0.239. The molecule has 1 atom stereocenters. The van der Waals surface area contributed by atoms with E-state index in [1.54, 1.807) is 19.2 Å². The number of benzene rings is 1. The van der Waals surface area contributed by atoms with Gasteiger partial charge in [-0.3, -0.25) is 9.78 Å². The number of halogens is 4. The first kappa shape index (κ1) is 16.5. The number of alkyl halides is 3. The van der Waals surface area contributed by atoms with Crippen molar-refractivity contribution in [1.82, 2.24) is 10.3 Å². The molecule has 0 bridgehead atoms. The van der Waals surface area contributed by atoms with E-state index in [0.29, 0.717) is 15.6 Å². The number of pyridine rings is 1. The third-order valence-corrected chi connectivity index (χ3v) is 3.49. The molecule has 1 aromatic heterocycles. The fourth-order valence-electron chi connectivity index (χ4n) is 1.86. The minimum atomic E-state index is -4.37. The summed E-state index contributed by atoms with van der Waals surface area (Å²) >= 11 is 3.22. The molecule has 2 rings (SSSR count). The first-order valence-electron chi connectivity index (χ1n) is 6.36. The molecule has 2 aromatic rings. The maximum Gasteiger partial charge on any atom is 0.416 e. The van der Waals surface area contributed by atoms with Gasteiger partial charge < -0.3 is 5.32 Å². The van der Waals surface area contributed by atoms with E-state index in [0.717, 1.165) is 12.1 Å². The van der Waals surface area contributed by atoms with Crippen molar-refractivity contribution in [2.24, 2.45) is 0 Å². The van der Waals surface area contributed by atoms with E-state index in [1.807, 2.05) is 0 Å². The number of carbonyl (C=O) groups excluding carboxylic acids is 1. The zero-order chi connectivity index (χ0) is 16.3. The molecule has 116 valence electrons. The molecule has 0 aliphatic rings. The van der Waals surface area contributed by atoms with Gasteiger partial charge in [-0.25, -0.2) is 0 Å². The first-order valence-corrected chi connectivity index (χ1v) is 7.15. The van der Waals surface area contributed by atoms with E-state index in [2.05, 4.69) is 26.2 Å². The number of nitrogens with zero attached hydrogens (tertiary/aromatic N) is 1. The Bertz CT molecular complexity index is 671. The van der Waals surface area contributed by atoms with Crippen LogP contribution in [0.15, 0.2) is 47.2 Å². The predicted octanol–water partition coefficient (Wildman–Crippen LogP) is 4.35. The summed E-state index contributed by atoms with van der Waals surface area (Å²) < 4.78 is 38.2. The molecule has 7 heteroatoms. The summed E-state index contributed by atoms with van der Waals surface area (Å²) in [5.74, 6) is -0.346. The molecule has 0 radical (unpaired) electrons. The predicted molar refractivity (Wildman–Crippen MR) is 79.3 cm³/mol. The van der Waals surface area contributed by atoms with E-state index in [1.165, 1.54) is 18.3 Å². The van der Waals surface area contributed by atoms with Crippen LogP contribution in [0.3, 0.4) is 0 Å². The standard InChI is InChI=1S/C15H12BrF3N2O/c1-9(10-2-4-12(5-3-10)15(17,18)19)21-14(22)11-6-13(16)8-20-7-11/h2-9H,1H3,(H,21,22). The highest BCUT2D eigenvalue weighted by Gasteiger charge is 2.30. The number of hydrogen-bond acceptors (Lipinski definition) is 2. The molecule has 0 aliphatic carbocycles. The first-order chi connectivity index (χ1) is 10.3. The number of nitrogens with one attached hydrogen (secondary N) is 1. The zero-order valence-electron chi connectivity index (χ0n) is 11.5. The van der Waals surface area contributed by atoms with E-state index in [9.17, 15) is 18.0 Å². The van der Waals surface area contributed by atoms with Gasteiger partial charge in [0.05, 0.1) is 17.2 Å². The highest BCUT2D eigenvalue weighted by atomic mass is 79.9. The number of rotatable bonds is 3. The molecule has 0 saturated heterocycles. The summed E-state index contributed by atoms with van der Waals surface area (Å²) in [6.45, 7) is 1.70. The Morgan fingerprint density at radius 2 is 1.86 bits per heavy atom. The monoisotopic (exact) mass is 372 g/mol. The van der Waals surface area contributed by atoms with Crippen LogP contribution in [-0.2, 0) is 6.18 Å². The van der Waals surface area contributed by atoms with Gasteiger partial charge in [0.25, 0.3) is 5.91 Å². The molecule has 1 N–H and O–H groups in total. The Balaban J connectivity index is 2.09. The lowest BCUT2D eigenvalue weighted by atomic mass is 10.1. The second kappa shape index (κ2) is 6.48. The molecule has 1 heterocycles. The van der Waals surface area contributed by atoms with Gasteiger partial charge in [0.1, 0.15) is 0 Å². The smallest absolute Gasteiger partial charge is 0.345 e. The van der Waals surface area contributed by atoms with Gasteiger partial charge >= 0.3 is 6.18 Å². The molecule has 1 unspecified atom stereocenters. The van der Waals surface area contributed by atoms with E-state index < -0.39 is 17.8 Å². The van der Waals surface area contributed by atoms with Gasteiger partial charge in [-0.2, -0.15) is 13.2 Å². The quantitative estimate of drug-likeness (QED) is 0.869. The lowest BCUT2D eigenvalue weighted by molar-refractivity contribution is -0.137. The van der Waals surface area contributed by atoms with Crippen molar-refractivity contribution in [1.29, 1.82) is 0 Å². The minimum absolute atomic E-state index is 0.346. The van der Waals surface area contributed by atoms with E-state index in [-0.39, 0.29) is 5.91 Å². The van der Waals surface area contributed by atoms with E-state index in [4.69, 9.17) is 0 Å². The fourth-order valence-corrected chi connectivity index (χ4v) is 2.22. The van der Waals surface area contributed by atoms with Crippen molar-refractivity contribution < 1.29 is 18.0 Å². The van der Waals surface area contributed by atoms with Crippen molar-refractivity contribution >= 4 is 21.8 Å². The highest BCUT2D eigenvalue weighted by molar-refractivity contribution is 9.10. The minimum Gasteiger partial charge on any atom is -0.345 e. The lowest BCUT2D eigenvalue weighted by Crippen LogP contribution is -2.26. The highest BCUT2D eigenvalue weighted by Crippen LogP contribution is 2.29. The van der Waals surface area contributed by atoms with Crippen molar-refractivity contribution in [2.45, 2.75) is 19.1 Å². The zero-order valence-corrected chi connectivity index (χ0v) is 13.1. The maximum atomic E-state index is 12.5. The van der Waals surface area contributed by atoms with Crippen LogP contribution in [0.4, 0.5) is 13.2 Å². The van der Waals surface area contributed by atoms with Crippen LogP contribution < -0.4 is 5.32 Å². The van der Waals surface area contributed by atoms with Crippen molar-refractivity contribution in [2.75, 3.05) is 0 Å². The molecule has 0 spiro atoms. The van der Waals surface area contributed by atoms with Crippen molar-refractivity contribution in [3.8, 4) is 0 Å². The Morgan fingerprint density at radius 3 is 2.41 bits per heavy atom. The molecule has 1 amide bonds. The van der Waals surface area contributed by atoms with Crippen LogP contribution in [0, 0.1) is 0 Å². The van der Waals surface area contributed by atoms with Crippen LogP contribution in [0.25, 0.3) is 0 Å². The topological polar surface area (TPSA) is 42.0 Å². The summed E-state index contributed by atoms with van der Waals surface area (Å²) in [6.07, 6.45) is -1.40. The molecular formula is C15H12BrF3N2O. The second-order valence-electron chi connectivity index (χ2n) is 4.71. The lowest BCUT2D eigenvalue weighted by Gasteiger charge is -2.15. The van der Waals surface area contributed by atoms with Crippen LogP contribution in [0.5, 0.6) is 0 Å². The Morgan fingerprint density at radius 1 is 1.23 bits per heavy atom. The third kappa shape index (κ3) is 4.07. The van der Waals surface area contributed by atoms with Crippen LogP contribution >= 0.6 is 15.9 Å². The molecule has 22 heavy (non-hydrogen) atoms. The summed E-state index contributed by atoms with van der Waals surface area (Å²) in [6, 6.07) is 5.90. The van der Waals surface area contributed by atoms with Crippen LogP contribution in [-0.4, -0.2) is 10.9 Å². The van der Waals surface area contributed by atoms with Gasteiger partial charge in [-0.15, -0.1) is 0 Å². The molecule has 3 nitrogen and oxygen atoms in total. The van der Waals surface area contributed by atoms with Crippen molar-refractivity contribution in [3.05, 3.63) is 63.9 Å². The Hall–Kier alpha value is -1.89. The average Bonchev–Trinajstić information content (AvgIpc) is 2.46. The van der Waals surface area contributed by atoms with Crippen LogP contribution in [0.1, 0.15) is 34.5 Å². The van der Waals surface area contributed by atoms with Gasteiger partial charge in [-0.05, 0) is 46.6 Å². The largest absolute Gasteiger partial charge is 0.416 e. The third-order valence-electron chi connectivity index (χ3n) is 3.05. The molecule has 0 saturated carbocycles. The molecule has 0 fully saturated rings. The Kier molecular flexibility index (Phi) is 4.85. The maximum absolute atomic E-state index is 12.5. The van der Waals surface area contributed by atoms with Gasteiger partial charge in [0, 0.05) is 16.9 Å². The van der Waals surface area contributed by atoms with Crippen LogP contribution in [0.2, 0.25) is 0 Å². The molecular weight excluding hydrogens is 361 g/mol. The van der Waals surface area contributed by atoms with Gasteiger partial charge in [0.15, 0.2) is 0 Å². The number of amides is 1. The SMILES string of the molecule is CC(NC(=O)c1cncc(Br)c1)c1ccc(C(F)(F)F)cc1. The number of hydrogen-bond donors (Lipinski definition) is 1. The summed E-state index contributed by atoms with van der Waals surface area (Å²) in [7, 11) is 0. The summed E-state index contributed by atoms with van der Waals surface area (Å²) in [4.78, 5) is 15.9. The average molecular weight is 373 g/mol. The second-order valence-corrected chi connectivity index (χ2v) is 5.62. The number of carbonyl (C=O) groups is 1.